The van der Waals surface area contributed by atoms with Crippen LogP contribution >= 0.6 is 22.7 Å². The number of hydrogen-bond donors (Lipinski definition) is 1. The maximum atomic E-state index is 6.38. The zero-order valence-electron chi connectivity index (χ0n) is 11.9. The fraction of sp³-hybridized carbons (Fsp3) is 0.438. The van der Waals surface area contributed by atoms with Gasteiger partial charge < -0.3 is 5.73 Å². The van der Waals surface area contributed by atoms with E-state index in [4.69, 9.17) is 10.8 Å². The van der Waals surface area contributed by atoms with Crippen molar-refractivity contribution >= 4 is 32.1 Å². The van der Waals surface area contributed by atoms with Crippen molar-refractivity contribution < 1.29 is 0 Å². The molecule has 0 aliphatic heterocycles. The van der Waals surface area contributed by atoms with Gasteiger partial charge in [0.15, 0.2) is 0 Å². The van der Waals surface area contributed by atoms with Gasteiger partial charge >= 0.3 is 0 Å². The molecular weight excluding hydrogens is 298 g/mol. The van der Waals surface area contributed by atoms with E-state index in [-0.39, 0.29) is 6.04 Å². The van der Waals surface area contributed by atoms with Crippen molar-refractivity contribution in [3.05, 3.63) is 40.3 Å². The number of hydrogen-bond acceptors (Lipinski definition) is 4. The van der Waals surface area contributed by atoms with Crippen LogP contribution < -0.4 is 5.73 Å². The predicted octanol–water partition coefficient (Wildman–Crippen LogP) is 4.52. The van der Waals surface area contributed by atoms with Crippen LogP contribution in [0.25, 0.3) is 9.40 Å². The second-order valence-corrected chi connectivity index (χ2v) is 7.90. The van der Waals surface area contributed by atoms with Crippen molar-refractivity contribution in [2.75, 3.05) is 0 Å². The Morgan fingerprint density at radius 3 is 2.95 bits per heavy atom. The van der Waals surface area contributed by atoms with E-state index >= 15 is 0 Å². The molecule has 1 fully saturated rings. The summed E-state index contributed by atoms with van der Waals surface area (Å²) in [5.74, 6) is 0. The van der Waals surface area contributed by atoms with Gasteiger partial charge in [-0.15, -0.1) is 22.7 Å². The molecule has 1 saturated carbocycles. The van der Waals surface area contributed by atoms with Crippen LogP contribution in [0.2, 0.25) is 0 Å². The molecule has 0 aromatic carbocycles. The number of rotatable bonds is 4. The molecule has 3 heterocycles. The lowest BCUT2D eigenvalue weighted by Crippen LogP contribution is -2.13. The van der Waals surface area contributed by atoms with Crippen molar-refractivity contribution in [2.24, 2.45) is 5.73 Å². The van der Waals surface area contributed by atoms with Crippen LogP contribution in [0, 0.1) is 0 Å². The van der Waals surface area contributed by atoms with Gasteiger partial charge in [-0.05, 0) is 36.4 Å². The average Bonchev–Trinajstić information content (AvgIpc) is 3.22. The van der Waals surface area contributed by atoms with Gasteiger partial charge in [-0.2, -0.15) is 5.10 Å². The fourth-order valence-electron chi connectivity index (χ4n) is 3.15. The standard InChI is InChI=1S/C16H19N3S2/c17-13(15-10-16-14(21-15)6-8-20-16)9-11-5-7-19(18-11)12-3-1-2-4-12/h5-8,10,12-13H,1-4,9,17H2. The van der Waals surface area contributed by atoms with Gasteiger partial charge in [0.25, 0.3) is 0 Å². The Morgan fingerprint density at radius 2 is 2.14 bits per heavy atom. The molecule has 5 heteroatoms. The minimum absolute atomic E-state index is 0.0570. The van der Waals surface area contributed by atoms with E-state index in [1.165, 1.54) is 40.0 Å². The molecule has 2 N–H and O–H groups in total. The Kier molecular flexibility index (Phi) is 3.57. The Balaban J connectivity index is 1.48. The van der Waals surface area contributed by atoms with Gasteiger partial charge in [-0.1, -0.05) is 12.8 Å². The van der Waals surface area contributed by atoms with Crippen LogP contribution in [0.4, 0.5) is 0 Å². The van der Waals surface area contributed by atoms with Crippen molar-refractivity contribution in [3.8, 4) is 0 Å². The number of nitrogens with two attached hydrogens (primary N) is 1. The van der Waals surface area contributed by atoms with E-state index in [9.17, 15) is 0 Å². The molecule has 4 rings (SSSR count). The van der Waals surface area contributed by atoms with E-state index < -0.39 is 0 Å². The van der Waals surface area contributed by atoms with Gasteiger partial charge in [0.2, 0.25) is 0 Å². The number of aromatic nitrogens is 2. The topological polar surface area (TPSA) is 43.8 Å². The van der Waals surface area contributed by atoms with Crippen LogP contribution in [-0.2, 0) is 6.42 Å². The van der Waals surface area contributed by atoms with Gasteiger partial charge in [-0.3, -0.25) is 4.68 Å². The van der Waals surface area contributed by atoms with Crippen molar-refractivity contribution in [1.82, 2.24) is 9.78 Å². The lowest BCUT2D eigenvalue weighted by atomic mass is 10.1. The van der Waals surface area contributed by atoms with E-state index in [0.717, 1.165) is 12.1 Å². The van der Waals surface area contributed by atoms with Crippen LogP contribution in [0.15, 0.2) is 29.8 Å². The largest absolute Gasteiger partial charge is 0.323 e. The lowest BCUT2D eigenvalue weighted by Gasteiger charge is -2.10. The predicted molar refractivity (Wildman–Crippen MR) is 90.1 cm³/mol. The number of thiophene rings is 2. The quantitative estimate of drug-likeness (QED) is 0.769. The van der Waals surface area contributed by atoms with Crippen LogP contribution in [-0.4, -0.2) is 9.78 Å². The maximum absolute atomic E-state index is 6.38. The Labute approximate surface area is 132 Å². The van der Waals surface area contributed by atoms with E-state index in [0.29, 0.717) is 6.04 Å². The van der Waals surface area contributed by atoms with Crippen LogP contribution in [0.1, 0.15) is 48.3 Å². The first-order valence-electron chi connectivity index (χ1n) is 7.56. The monoisotopic (exact) mass is 317 g/mol. The second kappa shape index (κ2) is 5.55. The smallest absolute Gasteiger partial charge is 0.0643 e. The molecule has 3 nitrogen and oxygen atoms in total. The molecule has 0 bridgehead atoms. The van der Waals surface area contributed by atoms with Gasteiger partial charge in [0.1, 0.15) is 0 Å². The van der Waals surface area contributed by atoms with E-state index in [1.807, 2.05) is 11.3 Å². The highest BCUT2D eigenvalue weighted by molar-refractivity contribution is 7.26. The maximum Gasteiger partial charge on any atom is 0.0643 e. The molecule has 1 unspecified atom stereocenters. The zero-order chi connectivity index (χ0) is 14.2. The highest BCUT2D eigenvalue weighted by Crippen LogP contribution is 2.34. The van der Waals surface area contributed by atoms with Crippen LogP contribution in [0.5, 0.6) is 0 Å². The highest BCUT2D eigenvalue weighted by atomic mass is 32.1. The summed E-state index contributed by atoms with van der Waals surface area (Å²) in [7, 11) is 0. The summed E-state index contributed by atoms with van der Waals surface area (Å²) in [5, 5.41) is 6.88. The first-order valence-corrected chi connectivity index (χ1v) is 9.26. The average molecular weight is 317 g/mol. The third-order valence-corrected chi connectivity index (χ3v) is 6.54. The molecule has 1 aliphatic carbocycles. The highest BCUT2D eigenvalue weighted by Gasteiger charge is 2.18. The SMILES string of the molecule is NC(Cc1ccn(C2CCCC2)n1)c1cc2sccc2s1. The Bertz CT molecular complexity index is 705. The molecule has 0 saturated heterocycles. The molecular formula is C16H19N3S2. The molecule has 0 amide bonds. The minimum atomic E-state index is 0.0570. The fourth-order valence-corrected chi connectivity index (χ4v) is 5.27. The molecule has 110 valence electrons. The summed E-state index contributed by atoms with van der Waals surface area (Å²) in [6, 6.07) is 7.22. The third kappa shape index (κ3) is 2.65. The van der Waals surface area contributed by atoms with Gasteiger partial charge in [0.05, 0.1) is 11.7 Å². The summed E-state index contributed by atoms with van der Waals surface area (Å²) in [6.07, 6.45) is 8.18. The first kappa shape index (κ1) is 13.5. The van der Waals surface area contributed by atoms with Crippen LogP contribution in [0.3, 0.4) is 0 Å². The normalized spacial score (nSPS) is 17.8. The summed E-state index contributed by atoms with van der Waals surface area (Å²) in [4.78, 5) is 1.27. The van der Waals surface area contributed by atoms with Gasteiger partial charge in [-0.25, -0.2) is 0 Å². The van der Waals surface area contributed by atoms with E-state index in [2.05, 4.69) is 34.5 Å². The minimum Gasteiger partial charge on any atom is -0.323 e. The van der Waals surface area contributed by atoms with E-state index in [1.54, 1.807) is 11.3 Å². The Morgan fingerprint density at radius 1 is 1.29 bits per heavy atom. The van der Waals surface area contributed by atoms with Crippen molar-refractivity contribution in [1.29, 1.82) is 0 Å². The lowest BCUT2D eigenvalue weighted by molar-refractivity contribution is 0.461. The number of nitrogens with zero attached hydrogens (tertiary/aromatic N) is 2. The summed E-state index contributed by atoms with van der Waals surface area (Å²) < 4.78 is 4.85. The molecule has 21 heavy (non-hydrogen) atoms. The molecule has 1 atom stereocenters. The molecule has 1 aliphatic rings. The number of fused-ring (bicyclic) bond motifs is 1. The second-order valence-electron chi connectivity index (χ2n) is 5.83. The van der Waals surface area contributed by atoms with Gasteiger partial charge in [0, 0.05) is 32.9 Å². The molecule has 3 aromatic heterocycles. The first-order chi connectivity index (χ1) is 10.3. The Hall–Kier alpha value is -1.17. The summed E-state index contributed by atoms with van der Waals surface area (Å²) in [5.41, 5.74) is 7.50. The molecule has 0 spiro atoms. The zero-order valence-corrected chi connectivity index (χ0v) is 13.5. The summed E-state index contributed by atoms with van der Waals surface area (Å²) in [6.45, 7) is 0. The molecule has 0 radical (unpaired) electrons. The third-order valence-electron chi connectivity index (χ3n) is 4.32. The molecule has 3 aromatic rings. The van der Waals surface area contributed by atoms with Crippen molar-refractivity contribution in [3.63, 3.8) is 0 Å². The summed E-state index contributed by atoms with van der Waals surface area (Å²) >= 11 is 3.60. The van der Waals surface area contributed by atoms with Crippen molar-refractivity contribution in [2.45, 2.75) is 44.2 Å².